The summed E-state index contributed by atoms with van der Waals surface area (Å²) in [6.45, 7) is 4.19. The van der Waals surface area contributed by atoms with Crippen LogP contribution in [0.1, 0.15) is 39.9 Å². The summed E-state index contributed by atoms with van der Waals surface area (Å²) in [7, 11) is 0. The molecule has 0 atom stereocenters. The number of carbonyl (C=O) groups excluding carboxylic acids is 1. The van der Waals surface area contributed by atoms with Gasteiger partial charge in [0.05, 0.1) is 0 Å². The number of halogens is 3. The Morgan fingerprint density at radius 3 is 2.38 bits per heavy atom. The van der Waals surface area contributed by atoms with Crippen LogP contribution < -0.4 is 28.0 Å². The Morgan fingerprint density at radius 1 is 0.979 bits per heavy atom. The van der Waals surface area contributed by atoms with E-state index in [4.69, 9.17) is 4.74 Å². The Hall–Kier alpha value is -2.82. The first kappa shape index (κ1) is 34.1. The first-order valence-electron chi connectivity index (χ1n) is 15.2. The van der Waals surface area contributed by atoms with Crippen molar-refractivity contribution in [2.45, 2.75) is 26.3 Å². The van der Waals surface area contributed by atoms with Crippen molar-refractivity contribution in [3.05, 3.63) is 122 Å². The number of nitrogens with one attached hydrogen (secondary N) is 1. The van der Waals surface area contributed by atoms with E-state index in [0.717, 1.165) is 58.3 Å². The third-order valence-corrected chi connectivity index (χ3v) is 15.5. The molecule has 1 aromatic heterocycles. The Kier molecular flexibility index (Phi) is 11.3. The Morgan fingerprint density at radius 2 is 1.68 bits per heavy atom. The number of rotatable bonds is 9. The number of amides is 1. The van der Waals surface area contributed by atoms with Gasteiger partial charge in [0, 0.05) is 26.0 Å². The molecule has 0 aliphatic carbocycles. The molecular formula is C37H34I3N2O5-. The van der Waals surface area contributed by atoms with Gasteiger partial charge in [-0.05, 0) is 31.2 Å². The number of allylic oxidation sites excluding steroid dienone is 3. The number of nitrogens with zero attached hydrogens (tertiary/aromatic N) is 1. The molecule has 0 unspecified atom stereocenters. The predicted octanol–water partition coefficient (Wildman–Crippen LogP) is 4.93. The number of benzene rings is 3. The van der Waals surface area contributed by atoms with E-state index in [1.54, 1.807) is 12.3 Å². The summed E-state index contributed by atoms with van der Waals surface area (Å²) >= 11 is 2.19. The maximum absolute atomic E-state index is 13.7. The summed E-state index contributed by atoms with van der Waals surface area (Å²) in [5.41, 5.74) is 6.98. The van der Waals surface area contributed by atoms with Crippen LogP contribution in [-0.4, -0.2) is 41.8 Å². The van der Waals surface area contributed by atoms with E-state index in [2.05, 4.69) is 34.1 Å². The van der Waals surface area contributed by atoms with E-state index < -0.39 is 5.91 Å². The number of anilines is 1. The van der Waals surface area contributed by atoms with Gasteiger partial charge >= 0.3 is 215 Å². The van der Waals surface area contributed by atoms with Crippen molar-refractivity contribution in [3.63, 3.8) is 0 Å². The number of alkyl halides is 1. The number of carbonyl (C=O) groups is 1. The average Bonchev–Trinajstić information content (AvgIpc) is 3.08. The van der Waals surface area contributed by atoms with Crippen molar-refractivity contribution in [3.8, 4) is 22.6 Å². The molecule has 244 valence electrons. The summed E-state index contributed by atoms with van der Waals surface area (Å²) in [5, 5.41) is 22.8. The monoisotopic (exact) mass is 967 g/mol. The summed E-state index contributed by atoms with van der Waals surface area (Å²) in [6, 6.07) is 20.6. The molecule has 7 nitrogen and oxygen atoms in total. The van der Waals surface area contributed by atoms with E-state index in [1.807, 2.05) is 72.3 Å². The number of aromatic nitrogens is 1. The fraction of sp³-hybridized carbons (Fsp3) is 0.216. The molecule has 3 heterocycles. The van der Waals surface area contributed by atoms with Crippen LogP contribution in [0.25, 0.3) is 22.3 Å². The first-order valence-corrected chi connectivity index (χ1v) is 25.4. The summed E-state index contributed by atoms with van der Waals surface area (Å²) in [6.07, 6.45) is 7.63. The third-order valence-electron chi connectivity index (χ3n) is 8.32. The topological polar surface area (TPSA) is 101 Å². The van der Waals surface area contributed by atoms with Gasteiger partial charge in [-0.1, -0.05) is 29.8 Å². The van der Waals surface area contributed by atoms with Crippen LogP contribution in [0.3, 0.4) is 0 Å². The zero-order valence-electron chi connectivity index (χ0n) is 25.7. The van der Waals surface area contributed by atoms with E-state index in [-0.39, 0.29) is 60.5 Å². The SMILES string of the molecule is Cc1ccc(-c2cn(CC3CCOCC3)cc(C(=O)Nc3ccc(C4=CC(c5ccc(O)c(O)c5)=CI=C4C[I-]I)cc3)c2=O)cc1. The van der Waals surface area contributed by atoms with Crippen molar-refractivity contribution in [2.24, 2.45) is 5.92 Å². The Bertz CT molecular complexity index is 1940. The minimum atomic E-state index is -0.431. The van der Waals surface area contributed by atoms with Gasteiger partial charge in [0.1, 0.15) is 0 Å². The summed E-state index contributed by atoms with van der Waals surface area (Å²) in [5.74, 6) is -0.282. The fourth-order valence-electron chi connectivity index (χ4n) is 5.68. The molecule has 0 saturated carbocycles. The van der Waals surface area contributed by atoms with Crippen molar-refractivity contribution in [1.29, 1.82) is 0 Å². The van der Waals surface area contributed by atoms with Gasteiger partial charge in [0.15, 0.2) is 0 Å². The van der Waals surface area contributed by atoms with E-state index >= 15 is 0 Å². The number of phenolic OH excluding ortho intramolecular Hbond substituents is 2. The summed E-state index contributed by atoms with van der Waals surface area (Å²) < 4.78 is 12.4. The average molecular weight is 967 g/mol. The molecule has 1 amide bonds. The maximum atomic E-state index is 13.7. The van der Waals surface area contributed by atoms with Crippen molar-refractivity contribution in [2.75, 3.05) is 23.0 Å². The Balaban J connectivity index is 1.27. The number of hydrogen-bond donors (Lipinski definition) is 3. The van der Waals surface area contributed by atoms with Gasteiger partial charge < -0.3 is 4.74 Å². The second-order valence-electron chi connectivity index (χ2n) is 11.6. The zero-order valence-corrected chi connectivity index (χ0v) is 32.2. The third kappa shape index (κ3) is 8.26. The number of pyridine rings is 1. The molecule has 3 N–H and O–H groups in total. The van der Waals surface area contributed by atoms with Crippen LogP contribution in [0.2, 0.25) is 0 Å². The van der Waals surface area contributed by atoms with E-state index in [9.17, 15) is 19.8 Å². The van der Waals surface area contributed by atoms with Crippen molar-refractivity contribution < 1.29 is 37.0 Å². The minimum Gasteiger partial charge on any atom is -0.0587 e. The van der Waals surface area contributed by atoms with Crippen LogP contribution in [-0.2, 0) is 11.3 Å². The molecule has 10 heteroatoms. The van der Waals surface area contributed by atoms with Gasteiger partial charge in [0.2, 0.25) is 0 Å². The zero-order chi connectivity index (χ0) is 32.9. The molecule has 0 spiro atoms. The second-order valence-corrected chi connectivity index (χ2v) is 19.4. The normalized spacial score (nSPS) is 15.3. The van der Waals surface area contributed by atoms with Gasteiger partial charge in [-0.25, -0.2) is 0 Å². The molecule has 47 heavy (non-hydrogen) atoms. The molecule has 1 fully saturated rings. The summed E-state index contributed by atoms with van der Waals surface area (Å²) in [4.78, 5) is 27.4. The van der Waals surface area contributed by atoms with Crippen LogP contribution in [0, 0.1) is 12.8 Å². The van der Waals surface area contributed by atoms with Crippen LogP contribution in [0.15, 0.2) is 94.1 Å². The van der Waals surface area contributed by atoms with Crippen LogP contribution >= 0.6 is 39.3 Å². The molecule has 6 rings (SSSR count). The number of ether oxygens (including phenoxy) is 1. The Labute approximate surface area is 304 Å². The predicted molar refractivity (Wildman–Crippen MR) is 202 cm³/mol. The van der Waals surface area contributed by atoms with Gasteiger partial charge in [-0.15, -0.1) is 0 Å². The quantitative estimate of drug-likeness (QED) is 0.126. The number of aryl methyl sites for hydroxylation is 1. The number of aromatic hydroxyl groups is 2. The smallest absolute Gasteiger partial charge is 0.0587 e. The fourth-order valence-corrected chi connectivity index (χ4v) is 16.3. The van der Waals surface area contributed by atoms with Crippen LogP contribution in [0.5, 0.6) is 11.5 Å². The molecule has 3 aromatic carbocycles. The van der Waals surface area contributed by atoms with Gasteiger partial charge in [-0.3, -0.25) is 0 Å². The second kappa shape index (κ2) is 15.6. The molecule has 0 bridgehead atoms. The number of phenols is 2. The molecule has 2 aliphatic rings. The molecule has 1 saturated heterocycles. The molecule has 4 aromatic rings. The van der Waals surface area contributed by atoms with Crippen LogP contribution in [0.4, 0.5) is 5.69 Å². The van der Waals surface area contributed by atoms with Gasteiger partial charge in [0.25, 0.3) is 0 Å². The molecule has 0 radical (unpaired) electrons. The minimum absolute atomic E-state index is 0.0271. The number of hydrogen-bond acceptors (Lipinski definition) is 5. The molecule has 2 aliphatic heterocycles. The van der Waals surface area contributed by atoms with E-state index in [0.29, 0.717) is 23.7 Å². The van der Waals surface area contributed by atoms with Gasteiger partial charge in [-0.2, -0.15) is 0 Å². The molecular weight excluding hydrogens is 933 g/mol. The van der Waals surface area contributed by atoms with Crippen molar-refractivity contribution >= 4 is 65.6 Å². The standard InChI is InChI=1S/C37H34I3N2O5/c1-23-2-4-26(5-3-23)31-21-42(20-24-12-14-47-15-13-24)22-32(36(31)45)37(46)41-29-9-6-25(7-10-29)30-16-28(18-39-33(30)19-40-38)27-8-11-34(43)35(44)17-27/h2-11,16-18,21-22,24,43-44H,12-15,19-20H2,1H3,(H,41,46)/q-1. The van der Waals surface area contributed by atoms with Crippen molar-refractivity contribution in [1.82, 2.24) is 4.57 Å². The van der Waals surface area contributed by atoms with E-state index in [1.165, 1.54) is 15.1 Å². The first-order chi connectivity index (χ1) is 22.8.